The molecule has 1 aromatic carbocycles. The molecule has 0 fully saturated rings. The molecule has 0 spiro atoms. The van der Waals surface area contributed by atoms with Crippen LogP contribution in [-0.2, 0) is 28.7 Å². The standard InChI is InChI=1S/C13H17N3O2S/c1-14-19(17,18)8-9-2-3-12-11(6-9)10-4-5-15-7-13(10)16-12/h2-3,6,14-16H,4-5,7-8H2,1H3. The van der Waals surface area contributed by atoms with Crippen LogP contribution in [0.1, 0.15) is 16.8 Å². The maximum Gasteiger partial charge on any atom is 0.215 e. The van der Waals surface area contributed by atoms with Gasteiger partial charge < -0.3 is 10.3 Å². The molecule has 0 atom stereocenters. The maximum absolute atomic E-state index is 11.6. The van der Waals surface area contributed by atoms with E-state index in [1.54, 1.807) is 0 Å². The van der Waals surface area contributed by atoms with Crippen molar-refractivity contribution in [1.29, 1.82) is 0 Å². The third-order valence-corrected chi connectivity index (χ3v) is 4.92. The van der Waals surface area contributed by atoms with Crippen molar-refractivity contribution >= 4 is 20.9 Å². The predicted octanol–water partition coefficient (Wildman–Crippen LogP) is 0.863. The number of H-pyrrole nitrogens is 1. The van der Waals surface area contributed by atoms with Crippen molar-refractivity contribution in [3.63, 3.8) is 0 Å². The molecule has 0 bridgehead atoms. The van der Waals surface area contributed by atoms with E-state index >= 15 is 0 Å². The van der Waals surface area contributed by atoms with Gasteiger partial charge in [0.15, 0.2) is 0 Å². The summed E-state index contributed by atoms with van der Waals surface area (Å²) in [5, 5.41) is 4.48. The molecule has 1 aliphatic heterocycles. The summed E-state index contributed by atoms with van der Waals surface area (Å²) >= 11 is 0. The minimum absolute atomic E-state index is 0.0254. The van der Waals surface area contributed by atoms with Crippen LogP contribution in [-0.4, -0.2) is 27.0 Å². The first-order chi connectivity index (χ1) is 9.09. The van der Waals surface area contributed by atoms with E-state index < -0.39 is 10.0 Å². The van der Waals surface area contributed by atoms with Crippen molar-refractivity contribution in [2.24, 2.45) is 0 Å². The molecule has 0 amide bonds. The molecule has 0 saturated heterocycles. The molecule has 0 unspecified atom stereocenters. The first-order valence-electron chi connectivity index (χ1n) is 6.33. The Balaban J connectivity index is 2.05. The lowest BCUT2D eigenvalue weighted by atomic mass is 10.0. The summed E-state index contributed by atoms with van der Waals surface area (Å²) in [6.07, 6.45) is 0.984. The van der Waals surface area contributed by atoms with E-state index in [0.29, 0.717) is 0 Å². The number of aromatic amines is 1. The highest BCUT2D eigenvalue weighted by Gasteiger charge is 2.16. The van der Waals surface area contributed by atoms with Crippen molar-refractivity contribution in [2.75, 3.05) is 13.6 Å². The number of sulfonamides is 1. The van der Waals surface area contributed by atoms with Crippen LogP contribution < -0.4 is 10.0 Å². The first kappa shape index (κ1) is 12.7. The van der Waals surface area contributed by atoms with Crippen LogP contribution in [0.15, 0.2) is 18.2 Å². The van der Waals surface area contributed by atoms with Crippen LogP contribution in [0, 0.1) is 0 Å². The Labute approximate surface area is 112 Å². The molecule has 1 aromatic heterocycles. The van der Waals surface area contributed by atoms with E-state index in [4.69, 9.17) is 0 Å². The molecule has 2 aromatic rings. The fourth-order valence-electron chi connectivity index (χ4n) is 2.60. The molecular weight excluding hydrogens is 262 g/mol. The molecule has 3 N–H and O–H groups in total. The monoisotopic (exact) mass is 279 g/mol. The van der Waals surface area contributed by atoms with Gasteiger partial charge in [-0.2, -0.15) is 0 Å². The molecule has 0 aliphatic carbocycles. The highest BCUT2D eigenvalue weighted by atomic mass is 32.2. The van der Waals surface area contributed by atoms with Gasteiger partial charge in [0.05, 0.1) is 5.75 Å². The largest absolute Gasteiger partial charge is 0.357 e. The quantitative estimate of drug-likeness (QED) is 0.780. The van der Waals surface area contributed by atoms with Gasteiger partial charge in [0.2, 0.25) is 10.0 Å². The summed E-state index contributed by atoms with van der Waals surface area (Å²) in [4.78, 5) is 3.39. The van der Waals surface area contributed by atoms with E-state index in [2.05, 4.69) is 15.0 Å². The van der Waals surface area contributed by atoms with Crippen LogP contribution in [0.4, 0.5) is 0 Å². The second-order valence-electron chi connectivity index (χ2n) is 4.85. The fourth-order valence-corrected chi connectivity index (χ4v) is 3.36. The third-order valence-electron chi connectivity index (χ3n) is 3.58. The number of hydrogen-bond acceptors (Lipinski definition) is 3. The Morgan fingerprint density at radius 2 is 2.21 bits per heavy atom. The van der Waals surface area contributed by atoms with Crippen LogP contribution in [0.3, 0.4) is 0 Å². The second-order valence-corrected chi connectivity index (χ2v) is 6.78. The van der Waals surface area contributed by atoms with Crippen molar-refractivity contribution in [3.8, 4) is 0 Å². The molecule has 5 nitrogen and oxygen atoms in total. The van der Waals surface area contributed by atoms with E-state index in [1.165, 1.54) is 18.3 Å². The molecule has 6 heteroatoms. The van der Waals surface area contributed by atoms with Gasteiger partial charge >= 0.3 is 0 Å². The summed E-state index contributed by atoms with van der Waals surface area (Å²) in [6.45, 7) is 1.83. The molecular formula is C13H17N3O2S. The molecule has 19 heavy (non-hydrogen) atoms. The predicted molar refractivity (Wildman–Crippen MR) is 75.4 cm³/mol. The average molecular weight is 279 g/mol. The third kappa shape index (κ3) is 2.39. The van der Waals surface area contributed by atoms with Crippen molar-refractivity contribution in [1.82, 2.24) is 15.0 Å². The summed E-state index contributed by atoms with van der Waals surface area (Å²) in [6, 6.07) is 5.83. The zero-order valence-electron chi connectivity index (χ0n) is 10.8. The summed E-state index contributed by atoms with van der Waals surface area (Å²) in [5.41, 5.74) is 4.44. The zero-order valence-corrected chi connectivity index (χ0v) is 11.6. The lowest BCUT2D eigenvalue weighted by Crippen LogP contribution is -2.23. The number of hydrogen-bond donors (Lipinski definition) is 3. The minimum Gasteiger partial charge on any atom is -0.357 e. The topological polar surface area (TPSA) is 74.0 Å². The van der Waals surface area contributed by atoms with Gasteiger partial charge in [-0.05, 0) is 43.3 Å². The molecule has 102 valence electrons. The highest BCUT2D eigenvalue weighted by molar-refractivity contribution is 7.88. The summed E-state index contributed by atoms with van der Waals surface area (Å²) in [7, 11) is -1.78. The van der Waals surface area contributed by atoms with Gasteiger partial charge in [-0.3, -0.25) is 0 Å². The lowest BCUT2D eigenvalue weighted by molar-refractivity contribution is 0.587. The normalized spacial score (nSPS) is 15.6. The SMILES string of the molecule is CNS(=O)(=O)Cc1ccc2[nH]c3c(c2c1)CCNC3. The number of rotatable bonds is 3. The molecule has 0 saturated carbocycles. The van der Waals surface area contributed by atoms with Gasteiger partial charge in [0, 0.05) is 23.1 Å². The maximum atomic E-state index is 11.6. The number of fused-ring (bicyclic) bond motifs is 3. The Bertz CT molecular complexity index is 719. The van der Waals surface area contributed by atoms with Crippen LogP contribution >= 0.6 is 0 Å². The van der Waals surface area contributed by atoms with E-state index in [0.717, 1.165) is 36.0 Å². The van der Waals surface area contributed by atoms with Gasteiger partial charge in [-0.25, -0.2) is 13.1 Å². The number of nitrogens with one attached hydrogen (secondary N) is 3. The molecule has 2 heterocycles. The number of benzene rings is 1. The number of aromatic nitrogens is 1. The van der Waals surface area contributed by atoms with Crippen LogP contribution in [0.5, 0.6) is 0 Å². The Kier molecular flexibility index (Phi) is 3.08. The van der Waals surface area contributed by atoms with Crippen LogP contribution in [0.2, 0.25) is 0 Å². The zero-order chi connectivity index (χ0) is 13.5. The Morgan fingerprint density at radius 1 is 1.37 bits per heavy atom. The highest BCUT2D eigenvalue weighted by Crippen LogP contribution is 2.26. The fraction of sp³-hybridized carbons (Fsp3) is 0.385. The first-order valence-corrected chi connectivity index (χ1v) is 7.98. The van der Waals surface area contributed by atoms with Crippen molar-refractivity contribution in [3.05, 3.63) is 35.0 Å². The van der Waals surface area contributed by atoms with Gasteiger partial charge in [0.25, 0.3) is 0 Å². The smallest absolute Gasteiger partial charge is 0.215 e. The van der Waals surface area contributed by atoms with Crippen molar-refractivity contribution < 1.29 is 8.42 Å². The molecule has 3 rings (SSSR count). The minimum atomic E-state index is -3.22. The summed E-state index contributed by atoms with van der Waals surface area (Å²) in [5.74, 6) is 0.0254. The average Bonchev–Trinajstić information content (AvgIpc) is 2.76. The van der Waals surface area contributed by atoms with E-state index in [-0.39, 0.29) is 5.75 Å². The Hall–Kier alpha value is -1.37. The van der Waals surface area contributed by atoms with Crippen molar-refractivity contribution in [2.45, 2.75) is 18.7 Å². The van der Waals surface area contributed by atoms with E-state index in [1.807, 2.05) is 18.2 Å². The van der Waals surface area contributed by atoms with Gasteiger partial charge in [-0.1, -0.05) is 6.07 Å². The van der Waals surface area contributed by atoms with Gasteiger partial charge in [-0.15, -0.1) is 0 Å². The Morgan fingerprint density at radius 3 is 3.00 bits per heavy atom. The molecule has 1 aliphatic rings. The van der Waals surface area contributed by atoms with Gasteiger partial charge in [0.1, 0.15) is 0 Å². The molecule has 0 radical (unpaired) electrons. The second kappa shape index (κ2) is 4.63. The lowest BCUT2D eigenvalue weighted by Gasteiger charge is -2.12. The summed E-state index contributed by atoms with van der Waals surface area (Å²) < 4.78 is 25.6. The van der Waals surface area contributed by atoms with Crippen LogP contribution in [0.25, 0.3) is 10.9 Å². The van der Waals surface area contributed by atoms with E-state index in [9.17, 15) is 8.42 Å².